The van der Waals surface area contributed by atoms with E-state index in [4.69, 9.17) is 11.6 Å². The lowest BCUT2D eigenvalue weighted by molar-refractivity contribution is 0.0949. The van der Waals surface area contributed by atoms with Crippen LogP contribution in [0.15, 0.2) is 98.2 Å². The van der Waals surface area contributed by atoms with Gasteiger partial charge in [0.25, 0.3) is 5.91 Å². The van der Waals surface area contributed by atoms with E-state index in [1.54, 1.807) is 48.5 Å². The fraction of sp³-hybridized carbons (Fsp3) is 0.107. The summed E-state index contributed by atoms with van der Waals surface area (Å²) in [4.78, 5) is 30.8. The monoisotopic (exact) mass is 627 g/mol. The third kappa shape index (κ3) is 5.19. The van der Waals surface area contributed by atoms with Gasteiger partial charge in [-0.15, -0.1) is 0 Å². The number of halogens is 3. The van der Waals surface area contributed by atoms with E-state index >= 15 is 4.39 Å². The first-order chi connectivity index (χ1) is 18.6. The molecular weight excluding hydrogens is 609 g/mol. The van der Waals surface area contributed by atoms with Gasteiger partial charge in [0.2, 0.25) is 15.3 Å². The maximum absolute atomic E-state index is 15.2. The van der Waals surface area contributed by atoms with Crippen molar-refractivity contribution in [2.75, 3.05) is 0 Å². The molecule has 2 N–H and O–H groups in total. The second-order valence-corrected chi connectivity index (χ2v) is 12.5. The number of hydrogen-bond donors (Lipinski definition) is 2. The number of H-pyrrole nitrogens is 1. The van der Waals surface area contributed by atoms with Crippen LogP contribution in [-0.4, -0.2) is 30.4 Å². The molecule has 0 saturated heterocycles. The summed E-state index contributed by atoms with van der Waals surface area (Å²) in [6, 6.07) is 15.8. The van der Waals surface area contributed by atoms with Crippen molar-refractivity contribution in [1.82, 2.24) is 10.3 Å². The first kappa shape index (κ1) is 27.0. The van der Waals surface area contributed by atoms with Crippen LogP contribution in [0.25, 0.3) is 10.9 Å². The number of nitrogens with one attached hydrogen (secondary N) is 2. The average molecular weight is 629 g/mol. The molecule has 0 radical (unpaired) electrons. The van der Waals surface area contributed by atoms with Crippen molar-refractivity contribution >= 4 is 60.4 Å². The molecule has 0 saturated carbocycles. The van der Waals surface area contributed by atoms with E-state index in [0.717, 1.165) is 28.4 Å². The van der Waals surface area contributed by atoms with Gasteiger partial charge in [0, 0.05) is 34.9 Å². The number of sulfone groups is 1. The molecule has 0 aliphatic carbocycles. The molecule has 0 bridgehead atoms. The second-order valence-electron chi connectivity index (χ2n) is 8.96. The Bertz CT molecular complexity index is 1810. The van der Waals surface area contributed by atoms with Crippen LogP contribution in [-0.2, 0) is 22.8 Å². The molecule has 1 atom stereocenters. The van der Waals surface area contributed by atoms with Gasteiger partial charge < -0.3 is 10.3 Å². The van der Waals surface area contributed by atoms with Crippen molar-refractivity contribution in [3.05, 3.63) is 121 Å². The Hall–Kier alpha value is -3.60. The molecule has 7 nitrogen and oxygen atoms in total. The fourth-order valence-corrected chi connectivity index (χ4v) is 6.47. The number of hydrogen-bond acceptors (Lipinski definition) is 5. The van der Waals surface area contributed by atoms with E-state index in [1.165, 1.54) is 18.4 Å². The molecule has 11 heteroatoms. The van der Waals surface area contributed by atoms with E-state index in [9.17, 15) is 18.0 Å². The van der Waals surface area contributed by atoms with E-state index in [0.29, 0.717) is 10.6 Å². The van der Waals surface area contributed by atoms with Crippen LogP contribution in [0.2, 0.25) is 5.02 Å². The number of benzene rings is 3. The number of carbonyl (C=O) groups is 1. The number of amides is 1. The van der Waals surface area contributed by atoms with Crippen LogP contribution >= 0.6 is 27.5 Å². The highest BCUT2D eigenvalue weighted by atomic mass is 79.9. The lowest BCUT2D eigenvalue weighted by Crippen LogP contribution is -2.36. The van der Waals surface area contributed by atoms with Gasteiger partial charge in [-0.05, 0) is 59.7 Å². The highest BCUT2D eigenvalue weighted by Crippen LogP contribution is 2.36. The lowest BCUT2D eigenvalue weighted by Gasteiger charge is -2.25. The fourth-order valence-electron chi connectivity index (χ4n) is 4.33. The van der Waals surface area contributed by atoms with Crippen molar-refractivity contribution in [2.45, 2.75) is 22.7 Å². The number of allylic oxidation sites excluding steroid dienone is 1. The van der Waals surface area contributed by atoms with Gasteiger partial charge in [-0.25, -0.2) is 12.8 Å². The molecule has 0 spiro atoms. The Morgan fingerprint density at radius 2 is 1.77 bits per heavy atom. The Morgan fingerprint density at radius 3 is 2.44 bits per heavy atom. The number of pyridine rings is 1. The Balaban J connectivity index is 1.52. The SMILES string of the molecule is O=C(NCc1ccc(Cl)cc1)c1c[nH]c2c(F)cc(S(=O)(=O)C3(Cc4ccc(Br)cc4)C=CC=N3)cc2c1=O. The van der Waals surface area contributed by atoms with Crippen LogP contribution < -0.4 is 10.7 Å². The molecule has 198 valence electrons. The summed E-state index contributed by atoms with van der Waals surface area (Å²) in [6.45, 7) is 0.124. The molecule has 3 aromatic carbocycles. The zero-order valence-electron chi connectivity index (χ0n) is 20.1. The summed E-state index contributed by atoms with van der Waals surface area (Å²) in [7, 11) is -4.32. The zero-order valence-corrected chi connectivity index (χ0v) is 23.3. The summed E-state index contributed by atoms with van der Waals surface area (Å²) < 4.78 is 43.8. The Labute approximate surface area is 236 Å². The molecule has 4 aromatic rings. The number of carbonyl (C=O) groups excluding carboxylic acids is 1. The molecule has 1 unspecified atom stereocenters. The molecule has 39 heavy (non-hydrogen) atoms. The van der Waals surface area contributed by atoms with Crippen LogP contribution in [0.1, 0.15) is 21.5 Å². The van der Waals surface area contributed by atoms with E-state index < -0.39 is 36.8 Å². The smallest absolute Gasteiger partial charge is 0.257 e. The quantitative estimate of drug-likeness (QED) is 0.287. The van der Waals surface area contributed by atoms with Crippen LogP contribution in [0.4, 0.5) is 4.39 Å². The van der Waals surface area contributed by atoms with Gasteiger partial charge >= 0.3 is 0 Å². The summed E-state index contributed by atoms with van der Waals surface area (Å²) in [5, 5.41) is 2.91. The summed E-state index contributed by atoms with van der Waals surface area (Å²) in [5.41, 5.74) is 0.157. The van der Waals surface area contributed by atoms with Gasteiger partial charge in [0.15, 0.2) is 4.87 Å². The summed E-state index contributed by atoms with van der Waals surface area (Å²) >= 11 is 9.24. The molecule has 1 amide bonds. The van der Waals surface area contributed by atoms with Crippen molar-refractivity contribution in [3.63, 3.8) is 0 Å². The zero-order chi connectivity index (χ0) is 27.8. The lowest BCUT2D eigenvalue weighted by atomic mass is 10.1. The van der Waals surface area contributed by atoms with Crippen molar-refractivity contribution in [1.29, 1.82) is 0 Å². The molecule has 1 aromatic heterocycles. The highest BCUT2D eigenvalue weighted by Gasteiger charge is 2.44. The number of fused-ring (bicyclic) bond motifs is 1. The minimum atomic E-state index is -4.32. The molecular formula is C28H20BrClFN3O4S. The third-order valence-electron chi connectivity index (χ3n) is 6.41. The molecule has 0 fully saturated rings. The van der Waals surface area contributed by atoms with E-state index in [2.05, 4.69) is 31.2 Å². The van der Waals surface area contributed by atoms with Gasteiger partial charge in [-0.2, -0.15) is 0 Å². The number of aromatic amines is 1. The van der Waals surface area contributed by atoms with Crippen molar-refractivity contribution < 1.29 is 17.6 Å². The maximum Gasteiger partial charge on any atom is 0.257 e. The highest BCUT2D eigenvalue weighted by molar-refractivity contribution is 9.10. The molecule has 1 aliphatic heterocycles. The van der Waals surface area contributed by atoms with E-state index in [1.807, 2.05) is 0 Å². The van der Waals surface area contributed by atoms with Crippen molar-refractivity contribution in [2.24, 2.45) is 4.99 Å². The first-order valence-corrected chi connectivity index (χ1v) is 14.3. The van der Waals surface area contributed by atoms with Gasteiger partial charge in [0.1, 0.15) is 11.4 Å². The predicted octanol–water partition coefficient (Wildman–Crippen LogP) is 5.37. The average Bonchev–Trinajstić information content (AvgIpc) is 3.40. The second kappa shape index (κ2) is 10.5. The minimum Gasteiger partial charge on any atom is -0.358 e. The summed E-state index contributed by atoms with van der Waals surface area (Å²) in [5.74, 6) is -1.64. The van der Waals surface area contributed by atoms with Crippen LogP contribution in [0, 0.1) is 5.82 Å². The topological polar surface area (TPSA) is 108 Å². The van der Waals surface area contributed by atoms with Crippen molar-refractivity contribution in [3.8, 4) is 0 Å². The third-order valence-corrected chi connectivity index (χ3v) is 9.36. The van der Waals surface area contributed by atoms with Gasteiger partial charge in [0.05, 0.1) is 15.8 Å². The molecule has 2 heterocycles. The predicted molar refractivity (Wildman–Crippen MR) is 153 cm³/mol. The summed E-state index contributed by atoms with van der Waals surface area (Å²) in [6.07, 6.45) is 5.45. The molecule has 1 aliphatic rings. The normalized spacial score (nSPS) is 16.6. The maximum atomic E-state index is 15.2. The number of rotatable bonds is 7. The van der Waals surface area contributed by atoms with Crippen LogP contribution in [0.3, 0.4) is 0 Å². The Morgan fingerprint density at radius 1 is 1.08 bits per heavy atom. The van der Waals surface area contributed by atoms with Gasteiger partial charge in [-0.3, -0.25) is 14.6 Å². The minimum absolute atomic E-state index is 0.00122. The van der Waals surface area contributed by atoms with E-state index in [-0.39, 0.29) is 29.4 Å². The first-order valence-electron chi connectivity index (χ1n) is 11.7. The van der Waals surface area contributed by atoms with Crippen LogP contribution in [0.5, 0.6) is 0 Å². The number of nitrogens with zero attached hydrogens (tertiary/aromatic N) is 1. The number of aliphatic imine (C=N–C) groups is 1. The largest absolute Gasteiger partial charge is 0.358 e. The number of aromatic nitrogens is 1. The molecule has 5 rings (SSSR count). The standard InChI is InChI=1S/C28H20BrClFN3O4S/c29-19-6-2-17(3-7-19)14-28(10-1-11-34-28)39(37,38)21-12-22-25(24(31)13-21)32-16-23(26(22)35)27(36)33-15-18-4-8-20(30)9-5-18/h1-13,16H,14-15H2,(H,32,35)(H,33,36). The Kier molecular flexibility index (Phi) is 7.28. The van der Waals surface area contributed by atoms with Gasteiger partial charge in [-0.1, -0.05) is 51.8 Å².